The number of amidine groups is 1. The number of nitro benzene ring substituents is 3. The Morgan fingerprint density at radius 2 is 0.762 bits per heavy atom. The van der Waals surface area contributed by atoms with Crippen molar-refractivity contribution in [3.8, 4) is 34.4 Å². The van der Waals surface area contributed by atoms with Crippen LogP contribution < -0.4 is 74.2 Å². The van der Waals surface area contributed by atoms with Crippen molar-refractivity contribution in [1.29, 1.82) is 0 Å². The molecule has 0 aliphatic heterocycles. The Morgan fingerprint density at radius 3 is 1.08 bits per heavy atom. The smallest absolute Gasteiger partial charge is 0.485 e. The summed E-state index contributed by atoms with van der Waals surface area (Å²) in [6, 6.07) is 33.8. The summed E-state index contributed by atoms with van der Waals surface area (Å²) in [4.78, 5) is 65.1. The molecule has 0 atom stereocenters. The first-order valence-corrected chi connectivity index (χ1v) is 40.1. The molecule has 61 heteroatoms. The number of quaternary nitrogens is 2. The van der Waals surface area contributed by atoms with Gasteiger partial charge in [-0.2, -0.15) is 26.3 Å². The molecule has 0 saturated heterocycles. The van der Waals surface area contributed by atoms with Crippen LogP contribution in [0.1, 0.15) is 5.69 Å². The van der Waals surface area contributed by atoms with E-state index in [-0.39, 0.29) is 74.1 Å². The monoisotopic (exact) mass is 2010 g/mol. The van der Waals surface area contributed by atoms with Gasteiger partial charge in [0.15, 0.2) is 72.0 Å². The molecule has 704 valence electrons. The van der Waals surface area contributed by atoms with Gasteiger partial charge in [0.05, 0.1) is 128 Å². The van der Waals surface area contributed by atoms with Crippen LogP contribution in [0.25, 0.3) is 34.4 Å². The topological polar surface area (TPSA) is 644 Å². The second-order valence-corrected chi connectivity index (χ2v) is 33.1. The fourth-order valence-corrected chi connectivity index (χ4v) is 11.7. The number of aromatic nitrogens is 10. The van der Waals surface area contributed by atoms with Gasteiger partial charge in [-0.25, -0.2) is 54.4 Å². The molecule has 12 rings (SSSR count). The van der Waals surface area contributed by atoms with Gasteiger partial charge in [0.1, 0.15) is 10.0 Å². The van der Waals surface area contributed by atoms with E-state index in [4.69, 9.17) is 146 Å². The largest absolute Gasteiger partial charge is 0.741 e. The Balaban J connectivity index is 0.000000313. The molecule has 0 saturated carbocycles. The second kappa shape index (κ2) is 46.3. The van der Waals surface area contributed by atoms with Crippen molar-refractivity contribution in [3.63, 3.8) is 0 Å². The fourth-order valence-electron chi connectivity index (χ4n) is 9.32. The molecule has 0 amide bonds. The number of aliphatic imine (C=N–C) groups is 1. The van der Waals surface area contributed by atoms with Crippen LogP contribution in [0.4, 0.5) is 112 Å². The number of rotatable bonds is 15. The summed E-state index contributed by atoms with van der Waals surface area (Å²) in [5, 5.41) is 71.8. The van der Waals surface area contributed by atoms with Gasteiger partial charge < -0.3 is 57.4 Å². The van der Waals surface area contributed by atoms with Gasteiger partial charge in [-0.3, -0.25) is 59.0 Å². The highest BCUT2D eigenvalue weighted by Crippen LogP contribution is 2.37. The summed E-state index contributed by atoms with van der Waals surface area (Å²) in [6.45, 7) is 0. The molecule has 0 fully saturated rings. The van der Waals surface area contributed by atoms with E-state index in [0.29, 0.717) is 67.5 Å². The Bertz CT molecular complexity index is 6300. The van der Waals surface area contributed by atoms with Gasteiger partial charge in [-0.15, -0.1) is 0 Å². The van der Waals surface area contributed by atoms with E-state index >= 15 is 0 Å². The van der Waals surface area contributed by atoms with Crippen molar-refractivity contribution < 1.29 is 95.2 Å². The third-order valence-corrected chi connectivity index (χ3v) is 18.7. The molecule has 46 nitrogen and oxygen atoms in total. The predicted molar refractivity (Wildman–Crippen MR) is 473 cm³/mol. The minimum atomic E-state index is -6.09. The molecule has 7 aromatic carbocycles. The van der Waals surface area contributed by atoms with E-state index in [9.17, 15) is 66.3 Å². The summed E-state index contributed by atoms with van der Waals surface area (Å²) >= 11 is 41.9. The van der Waals surface area contributed by atoms with Crippen LogP contribution in [0.2, 0.25) is 35.2 Å². The molecule has 5 aromatic heterocycles. The van der Waals surface area contributed by atoms with Crippen LogP contribution in [-0.4, -0.2) is 212 Å². The molecule has 12 aromatic rings. The van der Waals surface area contributed by atoms with Crippen LogP contribution in [0, 0.1) is 30.3 Å². The highest BCUT2D eigenvalue weighted by atomic mass is 35.5. The molecular weight excluding hydrogens is 1940 g/mol. The van der Waals surface area contributed by atoms with Crippen molar-refractivity contribution in [2.75, 3.05) is 147 Å². The van der Waals surface area contributed by atoms with Gasteiger partial charge in [0.25, 0.3) is 17.1 Å². The Kier molecular flexibility index (Phi) is 39.0. The molecule has 0 radical (unpaired) electrons. The van der Waals surface area contributed by atoms with E-state index in [1.165, 1.54) is 51.6 Å². The standard InChI is InChI=1S/C13H14ClN6O3.C12H11ClN6O3.C11H13ClN6O2.C9H12ClN2O2.C8H9ClN2O2.C8H11ClN2.C6H5ClN2O2.2CHF3O3S/c1-20(2,3)9-5-4-7(6-8(9)14)19-12(18-22-13(19)21)10-11(15)17-23-16-10;1-18(2)8-4-3-6(5-7(8)13)19-11(17-21-12(19)20)9-10(14)16-22-15-9;1-18(2)8-4-3-6(5-7(8)12)14-11(15-19)9-10(13)17-20-16-9;1-12(2,3)9-5-4-7(11(13)14)6-8(9)10;1-10(2)8-4-3-6(11(12)13)5-7(8)9;1-11(2)8-4-3-6(10)5-7(8)9;7-5-3-4(9(10)11)1-2-6(5)8;2*2-1(3,4)8(5,6)7/h4-6H,1-3H3,(H2,15,17);3-5H,1-2H3,(H2,14,16);3-5,19H,1-2H3,(H2,13,17)(H,14,15);4-6H,1-3H3;3-5H,1-2H3;3-5H,10H2,1-2H3;1-3H,8H2;2*(H,5,6,7)/q+1;;;+1;;;;;/p-2. The molecule has 12 N–H and O–H groups in total. The van der Waals surface area contributed by atoms with Crippen molar-refractivity contribution in [2.45, 2.75) is 11.0 Å². The first-order valence-electron chi connectivity index (χ1n) is 34.7. The second-order valence-electron chi connectivity index (χ2n) is 27.6. The van der Waals surface area contributed by atoms with Gasteiger partial charge in [-0.05, 0) is 110 Å². The quantitative estimate of drug-likeness (QED) is 0.00577. The van der Waals surface area contributed by atoms with Gasteiger partial charge in [0, 0.05) is 111 Å². The number of nitro groups is 3. The molecule has 5 heterocycles. The van der Waals surface area contributed by atoms with Crippen LogP contribution in [0.5, 0.6) is 0 Å². The summed E-state index contributed by atoms with van der Waals surface area (Å²) in [7, 11) is 14.7. The summed E-state index contributed by atoms with van der Waals surface area (Å²) < 4.78 is 144. The minimum absolute atomic E-state index is 0.00104. The van der Waals surface area contributed by atoms with Crippen LogP contribution >= 0.6 is 81.2 Å². The van der Waals surface area contributed by atoms with Gasteiger partial charge in [-0.1, -0.05) is 91.5 Å². The van der Waals surface area contributed by atoms with Crippen LogP contribution in [0.15, 0.2) is 165 Å². The summed E-state index contributed by atoms with van der Waals surface area (Å²) in [5.74, 6) is -1.21. The van der Waals surface area contributed by atoms with Gasteiger partial charge in [0.2, 0.25) is 11.6 Å². The molecule has 130 heavy (non-hydrogen) atoms. The molecule has 0 aliphatic carbocycles. The average molecular weight is 2010 g/mol. The maximum atomic E-state index is 12.0. The number of benzene rings is 7. The number of non-ortho nitro benzene ring substituents is 3. The SMILES string of the molecule is CN(C)c1ccc(-n2c(-c3nonc3N)noc2=O)cc1Cl.CN(C)c1ccc(N)cc1Cl.CN(C)c1ccc(N=C(NO)c2nonc2N)cc1Cl.CN(C)c1ccc([N+](=O)[O-])cc1Cl.C[N+](C)(C)c1ccc(-n2c(-c3nonc3N)noc2=O)cc1Cl.C[N+](C)(C)c1ccc([N+](=O)[O-])cc1Cl.Nc1ccc([N+](=O)[O-])cc1Cl.O=S(=O)([O-])C(F)(F)F.O=S(=O)([O-])C(F)(F)F. The highest BCUT2D eigenvalue weighted by molar-refractivity contribution is 7.86. The molecule has 0 unspecified atom stereocenters. The number of nitrogen functional groups attached to an aromatic ring is 5. The Morgan fingerprint density at radius 1 is 0.446 bits per heavy atom. The Hall–Kier alpha value is -13.0. The first kappa shape index (κ1) is 109. The zero-order valence-electron chi connectivity index (χ0n) is 69.4. The zero-order valence-corrected chi connectivity index (χ0v) is 76.3. The van der Waals surface area contributed by atoms with E-state index in [0.717, 1.165) is 34.1 Å². The lowest BCUT2D eigenvalue weighted by atomic mass is 10.2. The normalized spacial score (nSPS) is 11.3. The van der Waals surface area contributed by atoms with Crippen molar-refractivity contribution in [2.24, 2.45) is 4.99 Å². The number of nitrogens with two attached hydrogens (primary N) is 5. The van der Waals surface area contributed by atoms with E-state index in [1.807, 2.05) is 137 Å². The summed E-state index contributed by atoms with van der Waals surface area (Å²) in [6.07, 6.45) is 0. The number of alkyl halides is 6. The lowest BCUT2D eigenvalue weighted by Gasteiger charge is -2.24. The maximum Gasteiger partial charge on any atom is 0.485 e. The lowest BCUT2D eigenvalue weighted by Crippen LogP contribution is -2.35. The molecular formula is C69H75Cl7F6N26O20S2. The van der Waals surface area contributed by atoms with Crippen molar-refractivity contribution >= 4 is 193 Å². The number of hydrogen-bond acceptors (Lipinski definition) is 38. The lowest BCUT2D eigenvalue weighted by molar-refractivity contribution is -0.385. The predicted octanol–water partition coefficient (Wildman–Crippen LogP) is 12.6. The molecule has 0 aliphatic rings. The summed E-state index contributed by atoms with van der Waals surface area (Å²) in [5.41, 5.74) is 26.2. The maximum absolute atomic E-state index is 12.0. The van der Waals surface area contributed by atoms with Crippen LogP contribution in [-0.2, 0) is 20.2 Å². The number of nitrogens with zero attached hydrogens (tertiary/aromatic N) is 20. The molecule has 0 spiro atoms. The third kappa shape index (κ3) is 31.5. The van der Waals surface area contributed by atoms with Crippen molar-refractivity contribution in [1.82, 2.24) is 64.8 Å². The van der Waals surface area contributed by atoms with E-state index in [1.54, 1.807) is 71.6 Å². The number of halogens is 13. The third-order valence-electron chi connectivity index (χ3n) is 15.4. The Labute approximate surface area is 765 Å². The zero-order chi connectivity index (χ0) is 99.1. The average Bonchev–Trinajstić information content (AvgIpc) is 1.63. The number of anilines is 9. The van der Waals surface area contributed by atoms with Crippen molar-refractivity contribution in [3.05, 3.63) is 220 Å². The van der Waals surface area contributed by atoms with E-state index in [2.05, 4.69) is 64.7 Å². The molecule has 0 bridgehead atoms. The number of hydrogen-bond donors (Lipinski definition) is 7. The number of nitrogens with one attached hydrogen (secondary N) is 1. The van der Waals surface area contributed by atoms with Crippen LogP contribution in [0.3, 0.4) is 0 Å². The minimum Gasteiger partial charge on any atom is -0.741 e. The number of hydroxylamine groups is 1. The van der Waals surface area contributed by atoms with E-state index < -0.39 is 57.5 Å². The highest BCUT2D eigenvalue weighted by Gasteiger charge is 2.38. The first-order chi connectivity index (χ1) is 59.9. The van der Waals surface area contributed by atoms with Gasteiger partial charge >= 0.3 is 22.5 Å². The fraction of sp³-hybridized carbons (Fsp3) is 0.232.